The highest BCUT2D eigenvalue weighted by Crippen LogP contribution is 2.26. The lowest BCUT2D eigenvalue weighted by Crippen LogP contribution is -2.37. The fourth-order valence-corrected chi connectivity index (χ4v) is 3.35. The summed E-state index contributed by atoms with van der Waals surface area (Å²) in [5, 5.41) is 10.4. The first kappa shape index (κ1) is 15.5. The van der Waals surface area contributed by atoms with Crippen LogP contribution in [0.15, 0.2) is 30.3 Å². The zero-order chi connectivity index (χ0) is 14.4. The standard InChI is InChI=1S/C18H29NO/c1-3-7-16-10-12-19(13-11-16)14-15(2)18(20)17-8-5-4-6-9-17/h4-6,8-9,15-16,18,20H,3,7,10-14H2,1-2H3. The molecule has 0 bridgehead atoms. The van der Waals surface area contributed by atoms with Crippen molar-refractivity contribution < 1.29 is 5.11 Å². The molecule has 0 spiro atoms. The highest BCUT2D eigenvalue weighted by molar-refractivity contribution is 5.17. The molecule has 20 heavy (non-hydrogen) atoms. The molecule has 1 heterocycles. The van der Waals surface area contributed by atoms with E-state index in [0.717, 1.165) is 18.0 Å². The molecule has 2 nitrogen and oxygen atoms in total. The van der Waals surface area contributed by atoms with Crippen molar-refractivity contribution in [3.8, 4) is 0 Å². The summed E-state index contributed by atoms with van der Waals surface area (Å²) in [5.74, 6) is 1.23. The van der Waals surface area contributed by atoms with Crippen LogP contribution in [0.3, 0.4) is 0 Å². The Labute approximate surface area is 123 Å². The summed E-state index contributed by atoms with van der Waals surface area (Å²) >= 11 is 0. The number of hydrogen-bond donors (Lipinski definition) is 1. The average molecular weight is 275 g/mol. The molecule has 1 fully saturated rings. The molecule has 1 aliphatic heterocycles. The number of aliphatic hydroxyl groups is 1. The molecule has 1 aliphatic rings. The zero-order valence-corrected chi connectivity index (χ0v) is 13.0. The van der Waals surface area contributed by atoms with Crippen molar-refractivity contribution in [2.24, 2.45) is 11.8 Å². The van der Waals surface area contributed by atoms with Gasteiger partial charge in [0.1, 0.15) is 0 Å². The van der Waals surface area contributed by atoms with E-state index in [9.17, 15) is 5.11 Å². The van der Waals surface area contributed by atoms with Gasteiger partial charge >= 0.3 is 0 Å². The summed E-state index contributed by atoms with van der Waals surface area (Å²) in [6.45, 7) is 7.86. The van der Waals surface area contributed by atoms with E-state index < -0.39 is 0 Å². The third-order valence-corrected chi connectivity index (χ3v) is 4.63. The van der Waals surface area contributed by atoms with E-state index in [1.165, 1.54) is 38.8 Å². The summed E-state index contributed by atoms with van der Waals surface area (Å²) in [6, 6.07) is 10.0. The topological polar surface area (TPSA) is 23.5 Å². The number of piperidine rings is 1. The molecule has 1 saturated heterocycles. The molecule has 1 N–H and O–H groups in total. The van der Waals surface area contributed by atoms with Gasteiger partial charge in [0, 0.05) is 6.54 Å². The van der Waals surface area contributed by atoms with Gasteiger partial charge in [-0.05, 0) is 43.3 Å². The van der Waals surface area contributed by atoms with Crippen LogP contribution in [-0.2, 0) is 0 Å². The van der Waals surface area contributed by atoms with E-state index in [-0.39, 0.29) is 6.10 Å². The van der Waals surface area contributed by atoms with Gasteiger partial charge in [-0.2, -0.15) is 0 Å². The minimum Gasteiger partial charge on any atom is -0.388 e. The van der Waals surface area contributed by atoms with E-state index in [1.807, 2.05) is 30.3 Å². The molecule has 1 aromatic carbocycles. The van der Waals surface area contributed by atoms with Crippen molar-refractivity contribution in [3.63, 3.8) is 0 Å². The summed E-state index contributed by atoms with van der Waals surface area (Å²) in [6.07, 6.45) is 5.03. The first-order chi connectivity index (χ1) is 9.70. The van der Waals surface area contributed by atoms with Gasteiger partial charge in [0.2, 0.25) is 0 Å². The maximum atomic E-state index is 10.4. The minimum absolute atomic E-state index is 0.292. The molecule has 112 valence electrons. The normalized spacial score (nSPS) is 20.8. The van der Waals surface area contributed by atoms with Crippen LogP contribution in [0.2, 0.25) is 0 Å². The molecule has 0 saturated carbocycles. The maximum Gasteiger partial charge on any atom is 0.0827 e. The Hall–Kier alpha value is -0.860. The van der Waals surface area contributed by atoms with Gasteiger partial charge < -0.3 is 10.0 Å². The second kappa shape index (κ2) is 7.80. The van der Waals surface area contributed by atoms with Gasteiger partial charge in [-0.1, -0.05) is 57.0 Å². The Bertz CT molecular complexity index is 370. The fraction of sp³-hybridized carbons (Fsp3) is 0.667. The summed E-state index contributed by atoms with van der Waals surface area (Å²) in [4.78, 5) is 2.53. The van der Waals surface area contributed by atoms with E-state index in [1.54, 1.807) is 0 Å². The van der Waals surface area contributed by atoms with E-state index in [0.29, 0.717) is 5.92 Å². The van der Waals surface area contributed by atoms with Crippen molar-refractivity contribution in [1.29, 1.82) is 0 Å². The highest BCUT2D eigenvalue weighted by atomic mass is 16.3. The number of nitrogens with zero attached hydrogens (tertiary/aromatic N) is 1. The monoisotopic (exact) mass is 275 g/mol. The predicted octanol–water partition coefficient (Wildman–Crippen LogP) is 3.87. The van der Waals surface area contributed by atoms with Crippen molar-refractivity contribution in [1.82, 2.24) is 4.90 Å². The quantitative estimate of drug-likeness (QED) is 0.852. The van der Waals surface area contributed by atoms with E-state index in [2.05, 4.69) is 18.7 Å². The number of hydrogen-bond acceptors (Lipinski definition) is 2. The molecule has 0 aromatic heterocycles. The van der Waals surface area contributed by atoms with Crippen LogP contribution in [0, 0.1) is 11.8 Å². The molecule has 0 radical (unpaired) electrons. The Morgan fingerprint density at radius 2 is 1.85 bits per heavy atom. The molecular formula is C18H29NO. The predicted molar refractivity (Wildman–Crippen MR) is 84.6 cm³/mol. The molecule has 0 amide bonds. The van der Waals surface area contributed by atoms with Gasteiger partial charge in [0.05, 0.1) is 6.10 Å². The van der Waals surface area contributed by atoms with Crippen molar-refractivity contribution in [2.75, 3.05) is 19.6 Å². The van der Waals surface area contributed by atoms with Crippen molar-refractivity contribution in [2.45, 2.75) is 45.6 Å². The lowest BCUT2D eigenvalue weighted by atomic mass is 9.91. The van der Waals surface area contributed by atoms with Gasteiger partial charge in [-0.25, -0.2) is 0 Å². The van der Waals surface area contributed by atoms with Gasteiger partial charge in [-0.15, -0.1) is 0 Å². The lowest BCUT2D eigenvalue weighted by molar-refractivity contribution is 0.0744. The largest absolute Gasteiger partial charge is 0.388 e. The van der Waals surface area contributed by atoms with Gasteiger partial charge in [0.15, 0.2) is 0 Å². The molecule has 2 unspecified atom stereocenters. The maximum absolute atomic E-state index is 10.4. The van der Waals surface area contributed by atoms with Crippen LogP contribution in [0.1, 0.15) is 51.2 Å². The SMILES string of the molecule is CCCC1CCN(CC(C)C(O)c2ccccc2)CC1. The minimum atomic E-state index is -0.343. The van der Waals surface area contributed by atoms with E-state index in [4.69, 9.17) is 0 Å². The second-order valence-corrected chi connectivity index (χ2v) is 6.37. The van der Waals surface area contributed by atoms with Crippen LogP contribution in [0.4, 0.5) is 0 Å². The van der Waals surface area contributed by atoms with Crippen LogP contribution >= 0.6 is 0 Å². The molecule has 2 heteroatoms. The summed E-state index contributed by atoms with van der Waals surface area (Å²) < 4.78 is 0. The van der Waals surface area contributed by atoms with Crippen molar-refractivity contribution >= 4 is 0 Å². The van der Waals surface area contributed by atoms with E-state index >= 15 is 0 Å². The van der Waals surface area contributed by atoms with Crippen LogP contribution in [-0.4, -0.2) is 29.6 Å². The zero-order valence-electron chi connectivity index (χ0n) is 13.0. The number of aliphatic hydroxyl groups excluding tert-OH is 1. The average Bonchev–Trinajstić information content (AvgIpc) is 2.49. The van der Waals surface area contributed by atoms with Crippen LogP contribution in [0.25, 0.3) is 0 Å². The number of benzene rings is 1. The summed E-state index contributed by atoms with van der Waals surface area (Å²) in [5.41, 5.74) is 1.04. The Balaban J connectivity index is 1.79. The molecule has 2 rings (SSSR count). The third-order valence-electron chi connectivity index (χ3n) is 4.63. The fourth-order valence-electron chi connectivity index (χ4n) is 3.35. The summed E-state index contributed by atoms with van der Waals surface area (Å²) in [7, 11) is 0. The van der Waals surface area contributed by atoms with Crippen LogP contribution in [0.5, 0.6) is 0 Å². The highest BCUT2D eigenvalue weighted by Gasteiger charge is 2.23. The third kappa shape index (κ3) is 4.32. The lowest BCUT2D eigenvalue weighted by Gasteiger charge is -2.34. The number of likely N-dealkylation sites (tertiary alicyclic amines) is 1. The molecule has 2 atom stereocenters. The molecule has 1 aromatic rings. The number of rotatable bonds is 6. The van der Waals surface area contributed by atoms with Gasteiger partial charge in [0.25, 0.3) is 0 Å². The Kier molecular flexibility index (Phi) is 6.06. The molecule has 0 aliphatic carbocycles. The first-order valence-corrected chi connectivity index (χ1v) is 8.16. The Morgan fingerprint density at radius 1 is 1.20 bits per heavy atom. The van der Waals surface area contributed by atoms with Crippen LogP contribution < -0.4 is 0 Å². The second-order valence-electron chi connectivity index (χ2n) is 6.37. The Morgan fingerprint density at radius 3 is 2.45 bits per heavy atom. The first-order valence-electron chi connectivity index (χ1n) is 8.16. The molecular weight excluding hydrogens is 246 g/mol. The van der Waals surface area contributed by atoms with Gasteiger partial charge in [-0.3, -0.25) is 0 Å². The smallest absolute Gasteiger partial charge is 0.0827 e. The van der Waals surface area contributed by atoms with Crippen molar-refractivity contribution in [3.05, 3.63) is 35.9 Å².